The number of nitrogens with one attached hydrogen (secondary N) is 1. The number of nitrogens with zero attached hydrogens (tertiary/aromatic N) is 1. The SMILES string of the molecule is CSCC[C@H](NC(=O)c1ccc(/C=C(/C(=O)OC(C)(C)C)c2cccnc2)cc1-c1ccccc1C)C(=O)[O-].[Li+]. The Labute approximate surface area is 252 Å². The van der Waals surface area contributed by atoms with Crippen molar-refractivity contribution in [1.29, 1.82) is 0 Å². The first-order valence-electron chi connectivity index (χ1n) is 12.6. The molecule has 40 heavy (non-hydrogen) atoms. The molecule has 1 heterocycles. The Morgan fingerprint density at radius 2 is 1.80 bits per heavy atom. The van der Waals surface area contributed by atoms with E-state index in [1.165, 1.54) is 11.8 Å². The van der Waals surface area contributed by atoms with E-state index in [1.807, 2.05) is 43.5 Å². The standard InChI is InChI=1S/C31H34N2O5S.Li/c1-20-9-6-7-11-23(20)26-18-21(12-13-24(26)28(34)33-27(29(35)36)14-16-39-5)17-25(22-10-8-15-32-19-22)30(37)38-31(2,3)4;/h6-13,15,17-19,27H,14,16H2,1-5H3,(H,33,34)(H,35,36);/q;+1/p-1/b25-17+;/t27-;/m0./s1. The van der Waals surface area contributed by atoms with E-state index < -0.39 is 29.5 Å². The smallest absolute Gasteiger partial charge is 0.548 e. The van der Waals surface area contributed by atoms with Crippen LogP contribution in [0.4, 0.5) is 0 Å². The molecule has 0 aliphatic carbocycles. The van der Waals surface area contributed by atoms with Crippen molar-refractivity contribution in [2.24, 2.45) is 0 Å². The number of aromatic nitrogens is 1. The summed E-state index contributed by atoms with van der Waals surface area (Å²) in [7, 11) is 0. The first kappa shape index (κ1) is 32.9. The number of amides is 1. The molecule has 0 saturated carbocycles. The molecule has 0 bridgehead atoms. The van der Waals surface area contributed by atoms with Crippen LogP contribution in [0.1, 0.15) is 54.2 Å². The molecule has 0 saturated heterocycles. The van der Waals surface area contributed by atoms with Crippen LogP contribution in [0.25, 0.3) is 22.8 Å². The van der Waals surface area contributed by atoms with Gasteiger partial charge in [0.05, 0.1) is 17.6 Å². The molecule has 1 atom stereocenters. The molecule has 0 fully saturated rings. The maximum absolute atomic E-state index is 13.3. The number of benzene rings is 2. The van der Waals surface area contributed by atoms with Crippen molar-refractivity contribution < 1.29 is 43.1 Å². The average molecular weight is 553 g/mol. The maximum Gasteiger partial charge on any atom is 1.00 e. The van der Waals surface area contributed by atoms with E-state index in [9.17, 15) is 19.5 Å². The van der Waals surface area contributed by atoms with Crippen molar-refractivity contribution in [3.8, 4) is 11.1 Å². The van der Waals surface area contributed by atoms with Crippen LogP contribution in [-0.2, 0) is 14.3 Å². The minimum Gasteiger partial charge on any atom is -0.548 e. The van der Waals surface area contributed by atoms with Crippen molar-refractivity contribution in [3.05, 3.63) is 89.2 Å². The summed E-state index contributed by atoms with van der Waals surface area (Å²) in [6.07, 6.45) is 7.04. The molecule has 0 unspecified atom stereocenters. The zero-order valence-corrected chi connectivity index (χ0v) is 24.6. The van der Waals surface area contributed by atoms with E-state index in [2.05, 4.69) is 10.3 Å². The monoisotopic (exact) mass is 552 g/mol. The number of carbonyl (C=O) groups is 3. The number of thioether (sulfide) groups is 1. The van der Waals surface area contributed by atoms with Gasteiger partial charge in [0.25, 0.3) is 5.91 Å². The van der Waals surface area contributed by atoms with Gasteiger partial charge in [0.2, 0.25) is 0 Å². The Balaban J connectivity index is 0.00000560. The van der Waals surface area contributed by atoms with Gasteiger partial charge in [-0.1, -0.05) is 36.4 Å². The Kier molecular flexibility index (Phi) is 12.3. The maximum atomic E-state index is 13.3. The van der Waals surface area contributed by atoms with Crippen LogP contribution in [0.3, 0.4) is 0 Å². The molecule has 1 N–H and O–H groups in total. The summed E-state index contributed by atoms with van der Waals surface area (Å²) in [5, 5.41) is 14.3. The molecule has 3 rings (SSSR count). The second-order valence-electron chi connectivity index (χ2n) is 10.0. The number of pyridine rings is 1. The van der Waals surface area contributed by atoms with E-state index in [0.29, 0.717) is 33.6 Å². The fourth-order valence-electron chi connectivity index (χ4n) is 3.95. The fourth-order valence-corrected chi connectivity index (χ4v) is 4.42. The third-order valence-corrected chi connectivity index (χ3v) is 6.47. The Morgan fingerprint density at radius 1 is 1.07 bits per heavy atom. The zero-order valence-electron chi connectivity index (χ0n) is 23.8. The van der Waals surface area contributed by atoms with Gasteiger partial charge in [0.15, 0.2) is 0 Å². The topological polar surface area (TPSA) is 108 Å². The van der Waals surface area contributed by atoms with Gasteiger partial charge in [-0.05, 0) is 92.7 Å². The quantitative estimate of drug-likeness (QED) is 0.231. The van der Waals surface area contributed by atoms with Crippen LogP contribution in [0.2, 0.25) is 0 Å². The predicted octanol–water partition coefficient (Wildman–Crippen LogP) is 1.54. The Hall–Kier alpha value is -3.31. The molecule has 1 amide bonds. The van der Waals surface area contributed by atoms with Crippen molar-refractivity contribution >= 4 is 41.3 Å². The van der Waals surface area contributed by atoms with Gasteiger partial charge in [-0.25, -0.2) is 4.79 Å². The van der Waals surface area contributed by atoms with E-state index in [-0.39, 0.29) is 25.3 Å². The minimum atomic E-state index is -1.33. The van der Waals surface area contributed by atoms with Gasteiger partial charge >= 0.3 is 24.8 Å². The van der Waals surface area contributed by atoms with Crippen molar-refractivity contribution in [2.45, 2.75) is 45.8 Å². The number of aryl methyl sites for hydroxylation is 1. The number of hydrogen-bond acceptors (Lipinski definition) is 7. The molecule has 0 aliphatic rings. The summed E-state index contributed by atoms with van der Waals surface area (Å²) in [5.74, 6) is -1.78. The summed E-state index contributed by atoms with van der Waals surface area (Å²) < 4.78 is 5.66. The molecule has 0 spiro atoms. The third kappa shape index (κ3) is 9.12. The number of ether oxygens (including phenoxy) is 1. The number of esters is 1. The fraction of sp³-hybridized carbons (Fsp3) is 0.290. The van der Waals surface area contributed by atoms with Gasteiger partial charge in [0.1, 0.15) is 5.60 Å². The van der Waals surface area contributed by atoms with Gasteiger partial charge in [-0.2, -0.15) is 11.8 Å². The number of hydrogen-bond donors (Lipinski definition) is 1. The van der Waals surface area contributed by atoms with E-state index in [0.717, 1.165) is 11.1 Å². The Bertz CT molecular complexity index is 1370. The summed E-state index contributed by atoms with van der Waals surface area (Å²) in [5.41, 5.74) is 3.55. The van der Waals surface area contributed by atoms with E-state index >= 15 is 0 Å². The molecule has 1 aromatic heterocycles. The first-order valence-corrected chi connectivity index (χ1v) is 14.0. The molecule has 3 aromatic rings. The summed E-state index contributed by atoms with van der Waals surface area (Å²) >= 11 is 1.49. The second kappa shape index (κ2) is 14.9. The molecule has 0 radical (unpaired) electrons. The molecule has 204 valence electrons. The molecule has 7 nitrogen and oxygen atoms in total. The molecular weight excluding hydrogens is 519 g/mol. The Morgan fingerprint density at radius 3 is 2.40 bits per heavy atom. The van der Waals surface area contributed by atoms with Crippen LogP contribution in [0.15, 0.2) is 67.0 Å². The van der Waals surface area contributed by atoms with E-state index in [1.54, 1.807) is 63.5 Å². The number of aliphatic carboxylic acids is 1. The second-order valence-corrected chi connectivity index (χ2v) is 11.0. The molecule has 0 aliphatic heterocycles. The van der Waals surface area contributed by atoms with Crippen LogP contribution in [0.5, 0.6) is 0 Å². The van der Waals surface area contributed by atoms with Crippen molar-refractivity contribution in [1.82, 2.24) is 10.3 Å². The molecular formula is C31H33LiN2O5S. The third-order valence-electron chi connectivity index (χ3n) is 5.83. The largest absolute Gasteiger partial charge is 1.00 e. The number of carbonyl (C=O) groups excluding carboxylic acids is 3. The van der Waals surface area contributed by atoms with Gasteiger partial charge in [-0.3, -0.25) is 9.78 Å². The minimum absolute atomic E-state index is 0. The molecule has 9 heteroatoms. The van der Waals surface area contributed by atoms with Crippen LogP contribution >= 0.6 is 11.8 Å². The summed E-state index contributed by atoms with van der Waals surface area (Å²) in [4.78, 5) is 42.3. The normalized spacial score (nSPS) is 12.2. The van der Waals surface area contributed by atoms with Crippen LogP contribution in [0, 0.1) is 6.92 Å². The van der Waals surface area contributed by atoms with Crippen molar-refractivity contribution in [2.75, 3.05) is 12.0 Å². The van der Waals surface area contributed by atoms with Gasteiger partial charge < -0.3 is 20.0 Å². The van der Waals surface area contributed by atoms with Gasteiger partial charge in [-0.15, -0.1) is 0 Å². The first-order chi connectivity index (χ1) is 18.5. The van der Waals surface area contributed by atoms with Crippen LogP contribution < -0.4 is 29.3 Å². The predicted molar refractivity (Wildman–Crippen MR) is 154 cm³/mol. The number of rotatable bonds is 10. The van der Waals surface area contributed by atoms with Gasteiger partial charge in [0, 0.05) is 23.5 Å². The van der Waals surface area contributed by atoms with E-state index in [4.69, 9.17) is 4.74 Å². The van der Waals surface area contributed by atoms with Crippen LogP contribution in [-0.4, -0.2) is 46.5 Å². The summed E-state index contributed by atoms with van der Waals surface area (Å²) in [6, 6.07) is 15.2. The molecule has 2 aromatic carbocycles. The van der Waals surface area contributed by atoms with Crippen molar-refractivity contribution in [3.63, 3.8) is 0 Å². The zero-order chi connectivity index (χ0) is 28.6. The summed E-state index contributed by atoms with van der Waals surface area (Å²) in [6.45, 7) is 7.33. The number of carboxylic acid groups (broad SMARTS) is 1. The average Bonchev–Trinajstić information content (AvgIpc) is 2.89. The number of carboxylic acids is 1.